The lowest BCUT2D eigenvalue weighted by molar-refractivity contribution is 0.342. The summed E-state index contributed by atoms with van der Waals surface area (Å²) in [5.74, 6) is 0.891. The average molecular weight is 466 g/mol. The molecular formula is C23H19FN4O4S. The van der Waals surface area contributed by atoms with Crippen LogP contribution in [0.2, 0.25) is 0 Å². The molecule has 0 saturated heterocycles. The molecule has 10 heteroatoms. The number of rotatable bonds is 7. The molecule has 0 spiro atoms. The Bertz CT molecular complexity index is 1440. The fourth-order valence-electron chi connectivity index (χ4n) is 3.51. The van der Waals surface area contributed by atoms with Crippen LogP contribution in [0.1, 0.15) is 17.3 Å². The van der Waals surface area contributed by atoms with Gasteiger partial charge in [0, 0.05) is 42.5 Å². The summed E-state index contributed by atoms with van der Waals surface area (Å²) in [6.07, 6.45) is 1.74. The Morgan fingerprint density at radius 1 is 1.24 bits per heavy atom. The molecule has 3 N–H and O–H groups in total. The monoisotopic (exact) mass is 466 g/mol. The van der Waals surface area contributed by atoms with Gasteiger partial charge in [0.1, 0.15) is 23.2 Å². The SMILES string of the molecule is Cn1cc(-c2cc(C(F)CNS(=O)O)ccc2Oc2ccc(C#N)cc2)c2cc[nH]c2c1=O. The Morgan fingerprint density at radius 3 is 2.70 bits per heavy atom. The molecule has 2 aromatic carbocycles. The van der Waals surface area contributed by atoms with Crippen molar-refractivity contribution < 1.29 is 17.9 Å². The van der Waals surface area contributed by atoms with Crippen molar-refractivity contribution in [3.63, 3.8) is 0 Å². The normalized spacial score (nSPS) is 12.9. The lowest BCUT2D eigenvalue weighted by Crippen LogP contribution is -2.21. The first-order chi connectivity index (χ1) is 15.9. The Morgan fingerprint density at radius 2 is 2.00 bits per heavy atom. The van der Waals surface area contributed by atoms with E-state index in [9.17, 15) is 13.4 Å². The Balaban J connectivity index is 1.84. The van der Waals surface area contributed by atoms with Crippen molar-refractivity contribution in [3.8, 4) is 28.7 Å². The van der Waals surface area contributed by atoms with E-state index < -0.39 is 17.4 Å². The first-order valence-corrected chi connectivity index (χ1v) is 11.0. The number of nitriles is 1. The first-order valence-electron chi connectivity index (χ1n) is 9.85. The van der Waals surface area contributed by atoms with Crippen LogP contribution in [0.25, 0.3) is 22.0 Å². The predicted molar refractivity (Wildman–Crippen MR) is 123 cm³/mol. The van der Waals surface area contributed by atoms with Gasteiger partial charge < -0.3 is 14.3 Å². The van der Waals surface area contributed by atoms with E-state index >= 15 is 0 Å². The molecule has 8 nitrogen and oxygen atoms in total. The van der Waals surface area contributed by atoms with E-state index in [0.717, 1.165) is 0 Å². The highest BCUT2D eigenvalue weighted by atomic mass is 32.2. The van der Waals surface area contributed by atoms with E-state index in [2.05, 4.69) is 9.71 Å². The van der Waals surface area contributed by atoms with Gasteiger partial charge in [-0.3, -0.25) is 9.35 Å². The van der Waals surface area contributed by atoms with Crippen LogP contribution in [-0.2, 0) is 18.3 Å². The third-order valence-electron chi connectivity index (χ3n) is 5.15. The van der Waals surface area contributed by atoms with E-state index in [1.807, 2.05) is 6.07 Å². The number of hydrogen-bond donors (Lipinski definition) is 3. The largest absolute Gasteiger partial charge is 0.457 e. The highest BCUT2D eigenvalue weighted by molar-refractivity contribution is 7.77. The van der Waals surface area contributed by atoms with Gasteiger partial charge in [0.15, 0.2) is 0 Å². The molecule has 4 rings (SSSR count). The molecule has 0 amide bonds. The van der Waals surface area contributed by atoms with Gasteiger partial charge in [-0.1, -0.05) is 6.07 Å². The number of aromatic nitrogens is 2. The standard InChI is InChI=1S/C23H19FN4O4S/c1-28-13-19(17-8-9-26-22(17)23(28)29)18-10-15(20(24)12-27-33(30)31)4-7-21(18)32-16-5-2-14(11-25)3-6-16/h2-10,13,20,26-27H,12H2,1H3,(H,30,31). The second-order valence-corrected chi connectivity index (χ2v) is 8.07. The number of nitrogens with zero attached hydrogens (tertiary/aromatic N) is 2. The highest BCUT2D eigenvalue weighted by Gasteiger charge is 2.19. The maximum absolute atomic E-state index is 14.8. The number of nitrogens with one attached hydrogen (secondary N) is 2. The zero-order chi connectivity index (χ0) is 23.5. The van der Waals surface area contributed by atoms with Crippen LogP contribution in [-0.4, -0.2) is 24.9 Å². The van der Waals surface area contributed by atoms with E-state index in [0.29, 0.717) is 39.1 Å². The van der Waals surface area contributed by atoms with Crippen LogP contribution in [0.4, 0.5) is 4.39 Å². The summed E-state index contributed by atoms with van der Waals surface area (Å²) < 4.78 is 44.2. The number of ether oxygens (including phenoxy) is 1. The molecule has 33 heavy (non-hydrogen) atoms. The van der Waals surface area contributed by atoms with Gasteiger partial charge in [-0.25, -0.2) is 13.3 Å². The van der Waals surface area contributed by atoms with Crippen molar-refractivity contribution in [1.29, 1.82) is 5.26 Å². The minimum absolute atomic E-state index is 0.206. The molecule has 2 atom stereocenters. The van der Waals surface area contributed by atoms with E-state index in [1.54, 1.807) is 61.9 Å². The number of benzene rings is 2. The third-order valence-corrected chi connectivity index (χ3v) is 5.56. The summed E-state index contributed by atoms with van der Waals surface area (Å²) in [4.78, 5) is 15.4. The summed E-state index contributed by atoms with van der Waals surface area (Å²) in [5, 5.41) is 9.65. The predicted octanol–water partition coefficient (Wildman–Crippen LogP) is 3.93. The van der Waals surface area contributed by atoms with Crippen molar-refractivity contribution in [3.05, 3.63) is 82.4 Å². The van der Waals surface area contributed by atoms with Crippen molar-refractivity contribution in [1.82, 2.24) is 14.3 Å². The zero-order valence-corrected chi connectivity index (χ0v) is 18.2. The van der Waals surface area contributed by atoms with Crippen LogP contribution in [0.3, 0.4) is 0 Å². The van der Waals surface area contributed by atoms with Gasteiger partial charge in [0.2, 0.25) is 11.3 Å². The summed E-state index contributed by atoms with van der Waals surface area (Å²) in [6, 6.07) is 15.1. The zero-order valence-electron chi connectivity index (χ0n) is 17.4. The van der Waals surface area contributed by atoms with E-state index in [-0.39, 0.29) is 17.7 Å². The number of aryl methyl sites for hydroxylation is 1. The highest BCUT2D eigenvalue weighted by Crippen LogP contribution is 2.38. The van der Waals surface area contributed by atoms with Crippen molar-refractivity contribution >= 4 is 22.2 Å². The van der Waals surface area contributed by atoms with Gasteiger partial charge in [-0.2, -0.15) is 5.26 Å². The Labute approximate surface area is 190 Å². The number of pyridine rings is 1. The third kappa shape index (κ3) is 4.70. The van der Waals surface area contributed by atoms with Gasteiger partial charge in [-0.05, 0) is 48.0 Å². The summed E-state index contributed by atoms with van der Waals surface area (Å²) >= 11 is -2.33. The van der Waals surface area contributed by atoms with Crippen LogP contribution in [0, 0.1) is 11.3 Å². The number of hydrogen-bond acceptors (Lipinski definition) is 4. The second-order valence-electron chi connectivity index (χ2n) is 7.28. The van der Waals surface area contributed by atoms with Crippen molar-refractivity contribution in [2.24, 2.45) is 7.05 Å². The Kier molecular flexibility index (Phi) is 6.37. The molecule has 0 radical (unpaired) electrons. The lowest BCUT2D eigenvalue weighted by Gasteiger charge is -2.16. The number of halogens is 1. The Hall–Kier alpha value is -3.78. The molecule has 0 aliphatic rings. The molecular weight excluding hydrogens is 447 g/mol. The fraction of sp³-hybridized carbons (Fsp3) is 0.130. The molecule has 0 aliphatic carbocycles. The first kappa shape index (κ1) is 22.4. The van der Waals surface area contributed by atoms with Gasteiger partial charge in [0.25, 0.3) is 5.56 Å². The topological polar surface area (TPSA) is 120 Å². The molecule has 168 valence electrons. The summed E-state index contributed by atoms with van der Waals surface area (Å²) in [5.41, 5.74) is 2.13. The molecule has 2 unspecified atom stereocenters. The van der Waals surface area contributed by atoms with Crippen LogP contribution >= 0.6 is 0 Å². The van der Waals surface area contributed by atoms with Crippen LogP contribution in [0.15, 0.2) is 65.7 Å². The smallest absolute Gasteiger partial charge is 0.274 e. The molecule has 4 aromatic rings. The molecule has 0 fully saturated rings. The van der Waals surface area contributed by atoms with Crippen molar-refractivity contribution in [2.45, 2.75) is 6.17 Å². The number of aromatic amines is 1. The minimum Gasteiger partial charge on any atom is -0.457 e. The number of alkyl halides is 1. The van der Waals surface area contributed by atoms with E-state index in [1.165, 1.54) is 10.6 Å². The second kappa shape index (κ2) is 9.38. The maximum atomic E-state index is 14.8. The molecule has 2 heterocycles. The summed E-state index contributed by atoms with van der Waals surface area (Å²) in [7, 11) is 1.62. The fourth-order valence-corrected chi connectivity index (χ4v) is 3.80. The quantitative estimate of drug-likeness (QED) is 0.357. The molecule has 0 aliphatic heterocycles. The van der Waals surface area contributed by atoms with E-state index in [4.69, 9.17) is 14.6 Å². The van der Waals surface area contributed by atoms with Crippen molar-refractivity contribution in [2.75, 3.05) is 6.54 Å². The average Bonchev–Trinajstić information content (AvgIpc) is 3.31. The number of fused-ring (bicyclic) bond motifs is 1. The summed E-state index contributed by atoms with van der Waals surface area (Å²) in [6.45, 7) is -0.356. The lowest BCUT2D eigenvalue weighted by atomic mass is 9.98. The van der Waals surface area contributed by atoms with Gasteiger partial charge in [0.05, 0.1) is 11.6 Å². The molecule has 0 saturated carbocycles. The van der Waals surface area contributed by atoms with Crippen LogP contribution < -0.4 is 15.0 Å². The van der Waals surface area contributed by atoms with Crippen LogP contribution in [0.5, 0.6) is 11.5 Å². The molecule has 2 aromatic heterocycles. The maximum Gasteiger partial charge on any atom is 0.274 e. The molecule has 0 bridgehead atoms. The van der Waals surface area contributed by atoms with Gasteiger partial charge >= 0.3 is 0 Å². The van der Waals surface area contributed by atoms with Gasteiger partial charge in [-0.15, -0.1) is 0 Å². The number of H-pyrrole nitrogens is 1. The minimum atomic E-state index is -2.33.